The van der Waals surface area contributed by atoms with Gasteiger partial charge in [0.25, 0.3) is 0 Å². The van der Waals surface area contributed by atoms with Crippen LogP contribution in [0.25, 0.3) is 0 Å². The van der Waals surface area contributed by atoms with Gasteiger partial charge in [-0.3, -0.25) is 15.3 Å². The Balaban J connectivity index is 2.68. The number of aliphatic imine (C=N–C) groups is 2. The maximum Gasteiger partial charge on any atom is 0.165 e. The lowest BCUT2D eigenvalue weighted by atomic mass is 9.60. The molecule has 2 atom stereocenters. The molecule has 14 heavy (non-hydrogen) atoms. The van der Waals surface area contributed by atoms with E-state index in [2.05, 4.69) is 28.9 Å². The van der Waals surface area contributed by atoms with Gasteiger partial charge in [-0.15, -0.1) is 0 Å². The molecule has 0 amide bonds. The SMILES string of the molecule is C=NCC1NCOCBC1/C(C)=N\C. The molecule has 0 aromatic heterocycles. The summed E-state index contributed by atoms with van der Waals surface area (Å²) in [4.78, 5) is 8.19. The molecule has 1 heterocycles. The van der Waals surface area contributed by atoms with E-state index in [9.17, 15) is 0 Å². The van der Waals surface area contributed by atoms with Crippen molar-refractivity contribution in [3.8, 4) is 0 Å². The van der Waals surface area contributed by atoms with Crippen molar-refractivity contribution in [3.63, 3.8) is 0 Å². The normalized spacial score (nSPS) is 29.1. The van der Waals surface area contributed by atoms with Crippen molar-refractivity contribution in [1.82, 2.24) is 5.32 Å². The van der Waals surface area contributed by atoms with Crippen LogP contribution < -0.4 is 5.32 Å². The van der Waals surface area contributed by atoms with Crippen molar-refractivity contribution < 1.29 is 4.74 Å². The average molecular weight is 195 g/mol. The highest BCUT2D eigenvalue weighted by molar-refractivity contribution is 6.45. The zero-order chi connectivity index (χ0) is 10.4. The number of nitrogens with zero attached hydrogens (tertiary/aromatic N) is 2. The first-order chi connectivity index (χ1) is 6.79. The Hall–Kier alpha value is -0.675. The molecule has 0 aromatic rings. The number of rotatable bonds is 3. The van der Waals surface area contributed by atoms with E-state index in [1.165, 1.54) is 0 Å². The van der Waals surface area contributed by atoms with Crippen LogP contribution in [-0.2, 0) is 4.74 Å². The van der Waals surface area contributed by atoms with Crippen LogP contribution in [0.5, 0.6) is 0 Å². The number of hydrogen-bond acceptors (Lipinski definition) is 4. The van der Waals surface area contributed by atoms with Gasteiger partial charge in [-0.1, -0.05) is 0 Å². The molecule has 78 valence electrons. The Morgan fingerprint density at radius 3 is 3.14 bits per heavy atom. The van der Waals surface area contributed by atoms with Crippen LogP contribution in [0.3, 0.4) is 0 Å². The van der Waals surface area contributed by atoms with Gasteiger partial charge in [0.05, 0.1) is 13.3 Å². The molecule has 0 spiro atoms. The van der Waals surface area contributed by atoms with Gasteiger partial charge in [0, 0.05) is 25.3 Å². The highest BCUT2D eigenvalue weighted by atomic mass is 16.5. The van der Waals surface area contributed by atoms with E-state index in [-0.39, 0.29) is 0 Å². The summed E-state index contributed by atoms with van der Waals surface area (Å²) in [7, 11) is 2.84. The van der Waals surface area contributed by atoms with Gasteiger partial charge in [-0.05, 0) is 19.5 Å². The van der Waals surface area contributed by atoms with E-state index < -0.39 is 0 Å². The van der Waals surface area contributed by atoms with Crippen LogP contribution >= 0.6 is 0 Å². The third-order valence-corrected chi connectivity index (χ3v) is 2.72. The topological polar surface area (TPSA) is 46.0 Å². The Bertz CT molecular complexity index is 220. The predicted molar refractivity (Wildman–Crippen MR) is 62.1 cm³/mol. The molecule has 0 aromatic carbocycles. The molecular weight excluding hydrogens is 177 g/mol. The Labute approximate surface area is 86.1 Å². The molecular formula is C9H18BN3O. The summed E-state index contributed by atoms with van der Waals surface area (Å²) < 4.78 is 5.37. The quantitative estimate of drug-likeness (QED) is 0.505. The van der Waals surface area contributed by atoms with E-state index in [1.807, 2.05) is 7.05 Å². The third-order valence-electron chi connectivity index (χ3n) is 2.72. The maximum absolute atomic E-state index is 5.37. The van der Waals surface area contributed by atoms with Crippen LogP contribution in [0.1, 0.15) is 6.92 Å². The summed E-state index contributed by atoms with van der Waals surface area (Å²) in [6, 6.07) is 0.318. The van der Waals surface area contributed by atoms with E-state index in [1.54, 1.807) is 0 Å². The lowest BCUT2D eigenvalue weighted by Gasteiger charge is -2.22. The largest absolute Gasteiger partial charge is 0.375 e. The lowest BCUT2D eigenvalue weighted by Crippen LogP contribution is -2.39. The van der Waals surface area contributed by atoms with Gasteiger partial charge >= 0.3 is 0 Å². The molecule has 1 aliphatic heterocycles. The van der Waals surface area contributed by atoms with Crippen molar-refractivity contribution in [3.05, 3.63) is 0 Å². The fraction of sp³-hybridized carbons (Fsp3) is 0.778. The van der Waals surface area contributed by atoms with Gasteiger partial charge < -0.3 is 4.74 Å². The smallest absolute Gasteiger partial charge is 0.165 e. The Morgan fingerprint density at radius 2 is 2.50 bits per heavy atom. The lowest BCUT2D eigenvalue weighted by molar-refractivity contribution is 0.155. The molecule has 5 heteroatoms. The van der Waals surface area contributed by atoms with Crippen molar-refractivity contribution in [2.75, 3.05) is 26.8 Å². The molecule has 0 saturated carbocycles. The number of hydrogen-bond donors (Lipinski definition) is 1. The van der Waals surface area contributed by atoms with E-state index in [0.717, 1.165) is 26.0 Å². The van der Waals surface area contributed by atoms with Gasteiger partial charge in [0.2, 0.25) is 0 Å². The minimum absolute atomic E-state index is 0.318. The average Bonchev–Trinajstić information content (AvgIpc) is 2.43. The summed E-state index contributed by atoms with van der Waals surface area (Å²) >= 11 is 0. The van der Waals surface area contributed by atoms with Crippen molar-refractivity contribution in [1.29, 1.82) is 0 Å². The molecule has 0 radical (unpaired) electrons. The third kappa shape index (κ3) is 2.92. The second kappa shape index (κ2) is 5.93. The Kier molecular flexibility index (Phi) is 4.83. The van der Waals surface area contributed by atoms with Crippen LogP contribution in [0.2, 0.25) is 5.82 Å². The van der Waals surface area contributed by atoms with Crippen molar-refractivity contribution in [2.24, 2.45) is 9.98 Å². The molecule has 1 aliphatic rings. The summed E-state index contributed by atoms with van der Waals surface area (Å²) in [5.41, 5.74) is 1.16. The van der Waals surface area contributed by atoms with E-state index in [4.69, 9.17) is 4.74 Å². The summed E-state index contributed by atoms with van der Waals surface area (Å²) in [5, 5.41) is 3.31. The molecule has 1 saturated heterocycles. The van der Waals surface area contributed by atoms with Gasteiger partial charge in [0.1, 0.15) is 0 Å². The molecule has 1 fully saturated rings. The number of nitrogens with one attached hydrogen (secondary N) is 1. The first-order valence-corrected chi connectivity index (χ1v) is 4.96. The zero-order valence-corrected chi connectivity index (χ0v) is 8.99. The van der Waals surface area contributed by atoms with Crippen LogP contribution in [0, 0.1) is 0 Å². The fourth-order valence-corrected chi connectivity index (χ4v) is 1.79. The molecule has 1 N–H and O–H groups in total. The zero-order valence-electron chi connectivity index (χ0n) is 8.99. The highest BCUT2D eigenvalue weighted by Crippen LogP contribution is 2.15. The standard InChI is InChI=1S/C9H18BN3O/c1-7(12-3)9-8(4-11-2)13-6-14-5-10-9/h8-10,13H,2,4-6H2,1,3H3/b12-7-. The second-order valence-corrected chi connectivity index (χ2v) is 3.53. The van der Waals surface area contributed by atoms with Gasteiger partial charge in [-0.2, -0.15) is 0 Å². The monoisotopic (exact) mass is 195 g/mol. The molecule has 0 bridgehead atoms. The highest BCUT2D eigenvalue weighted by Gasteiger charge is 2.26. The molecule has 2 unspecified atom stereocenters. The first kappa shape index (κ1) is 11.4. The summed E-state index contributed by atoms with van der Waals surface area (Å²) in [6.07, 6.45) is 0. The minimum atomic E-state index is 0.318. The summed E-state index contributed by atoms with van der Waals surface area (Å²) in [6.45, 7) is 7.72. The van der Waals surface area contributed by atoms with Crippen LogP contribution in [-0.4, -0.2) is 52.6 Å². The number of ether oxygens (including phenoxy) is 1. The van der Waals surface area contributed by atoms with Crippen LogP contribution in [0.4, 0.5) is 0 Å². The molecule has 0 aliphatic carbocycles. The predicted octanol–water partition coefficient (Wildman–Crippen LogP) is -0.0939. The van der Waals surface area contributed by atoms with Crippen molar-refractivity contribution in [2.45, 2.75) is 18.8 Å². The fourth-order valence-electron chi connectivity index (χ4n) is 1.79. The Morgan fingerprint density at radius 1 is 1.71 bits per heavy atom. The second-order valence-electron chi connectivity index (χ2n) is 3.53. The minimum Gasteiger partial charge on any atom is -0.375 e. The maximum atomic E-state index is 5.37. The molecule has 1 rings (SSSR count). The van der Waals surface area contributed by atoms with Crippen molar-refractivity contribution >= 4 is 19.7 Å². The summed E-state index contributed by atoms with van der Waals surface area (Å²) in [5.74, 6) is 0.424. The van der Waals surface area contributed by atoms with Gasteiger partial charge in [-0.25, -0.2) is 0 Å². The van der Waals surface area contributed by atoms with E-state index >= 15 is 0 Å². The van der Waals surface area contributed by atoms with Gasteiger partial charge in [0.15, 0.2) is 7.28 Å². The van der Waals surface area contributed by atoms with E-state index in [0.29, 0.717) is 18.6 Å². The first-order valence-electron chi connectivity index (χ1n) is 4.96. The van der Waals surface area contributed by atoms with Crippen LogP contribution in [0.15, 0.2) is 9.98 Å². The molecule has 4 nitrogen and oxygen atoms in total.